The molecule has 1 aromatic carbocycles. The molecule has 0 aromatic heterocycles. The monoisotopic (exact) mass is 424 g/mol. The van der Waals surface area contributed by atoms with E-state index >= 15 is 0 Å². The molecule has 118 valence electrons. The van der Waals surface area contributed by atoms with Crippen LogP contribution < -0.4 is 5.32 Å². The Labute approximate surface area is 140 Å². The van der Waals surface area contributed by atoms with E-state index in [1.807, 2.05) is 29.5 Å². The van der Waals surface area contributed by atoms with Gasteiger partial charge < -0.3 is 5.32 Å². The first-order valence-electron chi connectivity index (χ1n) is 6.73. The predicted molar refractivity (Wildman–Crippen MR) is 91.9 cm³/mol. The van der Waals surface area contributed by atoms with Crippen molar-refractivity contribution in [2.24, 2.45) is 0 Å². The minimum absolute atomic E-state index is 0.0624. The molecular weight excluding hydrogens is 403 g/mol. The van der Waals surface area contributed by atoms with E-state index in [1.54, 1.807) is 6.07 Å². The molecule has 0 heterocycles. The zero-order chi connectivity index (χ0) is 16.2. The topological polar surface area (TPSA) is 66.5 Å². The van der Waals surface area contributed by atoms with E-state index in [4.69, 9.17) is 0 Å². The number of nitrogens with one attached hydrogen (secondary N) is 1. The van der Waals surface area contributed by atoms with Gasteiger partial charge in [0.2, 0.25) is 10.0 Å². The third kappa shape index (κ3) is 4.65. The van der Waals surface area contributed by atoms with Gasteiger partial charge in [0.25, 0.3) is 5.91 Å². The lowest BCUT2D eigenvalue weighted by molar-refractivity contribution is 0.0937. The van der Waals surface area contributed by atoms with Crippen LogP contribution >= 0.6 is 22.6 Å². The molecule has 0 radical (unpaired) electrons. The Morgan fingerprint density at radius 1 is 1.38 bits per heavy atom. The van der Waals surface area contributed by atoms with E-state index in [9.17, 15) is 13.2 Å². The second-order valence-electron chi connectivity index (χ2n) is 5.09. The molecule has 0 aliphatic carbocycles. The van der Waals surface area contributed by atoms with Crippen LogP contribution in [-0.2, 0) is 10.0 Å². The van der Waals surface area contributed by atoms with Gasteiger partial charge in [-0.05, 0) is 54.1 Å². The molecule has 1 aromatic rings. The van der Waals surface area contributed by atoms with Gasteiger partial charge in [-0.2, -0.15) is 0 Å². The summed E-state index contributed by atoms with van der Waals surface area (Å²) < 4.78 is 26.1. The van der Waals surface area contributed by atoms with Crippen LogP contribution in [0, 0.1) is 3.57 Å². The average Bonchev–Trinajstić information content (AvgIpc) is 2.38. The Kier molecular flexibility index (Phi) is 6.61. The molecule has 0 aliphatic heterocycles. The van der Waals surface area contributed by atoms with Gasteiger partial charge in [-0.1, -0.05) is 13.3 Å². The summed E-state index contributed by atoms with van der Waals surface area (Å²) >= 11 is 2.04. The smallest absolute Gasteiger partial charge is 0.252 e. The molecule has 0 saturated heterocycles. The van der Waals surface area contributed by atoms with Crippen molar-refractivity contribution in [2.45, 2.75) is 37.6 Å². The van der Waals surface area contributed by atoms with Crippen molar-refractivity contribution in [1.82, 2.24) is 9.62 Å². The first kappa shape index (κ1) is 18.4. The number of benzene rings is 1. The minimum Gasteiger partial charge on any atom is -0.350 e. The Bertz CT molecular complexity index is 615. The number of hydrogen-bond acceptors (Lipinski definition) is 3. The highest BCUT2D eigenvalue weighted by Crippen LogP contribution is 2.20. The second-order valence-corrected chi connectivity index (χ2v) is 8.41. The second kappa shape index (κ2) is 7.55. The highest BCUT2D eigenvalue weighted by atomic mass is 127. The highest BCUT2D eigenvalue weighted by molar-refractivity contribution is 14.1. The van der Waals surface area contributed by atoms with E-state index in [1.165, 1.54) is 26.2 Å². The molecule has 1 N–H and O–H groups in total. The molecular formula is C14H21IN2O3S. The fourth-order valence-electron chi connectivity index (χ4n) is 1.86. The Balaban J connectivity index is 3.11. The van der Waals surface area contributed by atoms with Crippen molar-refractivity contribution >= 4 is 38.5 Å². The van der Waals surface area contributed by atoms with E-state index in [-0.39, 0.29) is 16.8 Å². The lowest BCUT2D eigenvalue weighted by Crippen LogP contribution is -2.33. The summed E-state index contributed by atoms with van der Waals surface area (Å²) in [5, 5.41) is 2.89. The zero-order valence-corrected chi connectivity index (χ0v) is 15.7. The van der Waals surface area contributed by atoms with E-state index in [0.29, 0.717) is 5.56 Å². The van der Waals surface area contributed by atoms with Gasteiger partial charge in [0, 0.05) is 23.7 Å². The summed E-state index contributed by atoms with van der Waals surface area (Å²) in [6.45, 7) is 3.99. The minimum atomic E-state index is -3.54. The Morgan fingerprint density at radius 2 is 2.00 bits per heavy atom. The maximum atomic E-state index is 12.3. The fourth-order valence-corrected chi connectivity index (χ4v) is 3.37. The number of nitrogens with zero attached hydrogens (tertiary/aromatic N) is 1. The predicted octanol–water partition coefficient (Wildman–Crippen LogP) is 2.46. The summed E-state index contributed by atoms with van der Waals surface area (Å²) in [6, 6.07) is 4.66. The molecule has 0 unspecified atom stereocenters. The first-order valence-corrected chi connectivity index (χ1v) is 9.25. The number of carbonyl (C=O) groups is 1. The molecule has 0 bridgehead atoms. The van der Waals surface area contributed by atoms with Gasteiger partial charge in [0.1, 0.15) is 0 Å². The van der Waals surface area contributed by atoms with Crippen molar-refractivity contribution < 1.29 is 13.2 Å². The molecule has 5 nitrogen and oxygen atoms in total. The van der Waals surface area contributed by atoms with Crippen LogP contribution in [0.1, 0.15) is 37.0 Å². The molecule has 0 saturated carbocycles. The number of amides is 1. The van der Waals surface area contributed by atoms with Crippen molar-refractivity contribution in [3.63, 3.8) is 0 Å². The SMILES string of the molecule is CCC[C@@H](C)NC(=O)c1cc(S(=O)(=O)N(C)C)ccc1I. The van der Waals surface area contributed by atoms with Crippen molar-refractivity contribution in [1.29, 1.82) is 0 Å². The third-order valence-corrected chi connectivity index (χ3v) is 5.81. The third-order valence-electron chi connectivity index (χ3n) is 3.06. The van der Waals surface area contributed by atoms with Crippen LogP contribution in [0.15, 0.2) is 23.1 Å². The first-order chi connectivity index (χ1) is 9.70. The van der Waals surface area contributed by atoms with E-state index in [0.717, 1.165) is 20.7 Å². The lowest BCUT2D eigenvalue weighted by atomic mass is 10.1. The molecule has 1 atom stereocenters. The Hall–Kier alpha value is -0.670. The largest absolute Gasteiger partial charge is 0.350 e. The number of carbonyl (C=O) groups excluding carboxylic acids is 1. The van der Waals surface area contributed by atoms with Crippen LogP contribution in [0.4, 0.5) is 0 Å². The zero-order valence-electron chi connectivity index (χ0n) is 12.7. The van der Waals surface area contributed by atoms with Crippen LogP contribution in [-0.4, -0.2) is 38.8 Å². The Morgan fingerprint density at radius 3 is 2.52 bits per heavy atom. The number of sulfonamides is 1. The molecule has 21 heavy (non-hydrogen) atoms. The van der Waals surface area contributed by atoms with Crippen molar-refractivity contribution in [2.75, 3.05) is 14.1 Å². The fraction of sp³-hybridized carbons (Fsp3) is 0.500. The highest BCUT2D eigenvalue weighted by Gasteiger charge is 2.21. The van der Waals surface area contributed by atoms with Crippen molar-refractivity contribution in [3.05, 3.63) is 27.3 Å². The maximum absolute atomic E-state index is 12.3. The summed E-state index contributed by atoms with van der Waals surface area (Å²) in [5.74, 6) is -0.240. The molecule has 7 heteroatoms. The lowest BCUT2D eigenvalue weighted by Gasteiger charge is -2.15. The van der Waals surface area contributed by atoms with Gasteiger partial charge in [-0.15, -0.1) is 0 Å². The normalized spacial score (nSPS) is 13.2. The molecule has 0 spiro atoms. The standard InChI is InChI=1S/C14H21IN2O3S/c1-5-6-10(2)16-14(18)12-9-11(7-8-13(12)15)21(19,20)17(3)4/h7-10H,5-6H2,1-4H3,(H,16,18)/t10-/m1/s1. The summed E-state index contributed by atoms with van der Waals surface area (Å²) in [5.41, 5.74) is 0.390. The molecule has 0 fully saturated rings. The van der Waals surface area contributed by atoms with Crippen LogP contribution in [0.5, 0.6) is 0 Å². The number of rotatable bonds is 6. The maximum Gasteiger partial charge on any atom is 0.252 e. The summed E-state index contributed by atoms with van der Waals surface area (Å²) in [7, 11) is -0.601. The molecule has 1 amide bonds. The van der Waals surface area contributed by atoms with Crippen molar-refractivity contribution in [3.8, 4) is 0 Å². The van der Waals surface area contributed by atoms with Gasteiger partial charge >= 0.3 is 0 Å². The van der Waals surface area contributed by atoms with Crippen LogP contribution in [0.25, 0.3) is 0 Å². The van der Waals surface area contributed by atoms with Gasteiger partial charge in [-0.3, -0.25) is 4.79 Å². The quantitative estimate of drug-likeness (QED) is 0.714. The summed E-state index contributed by atoms with van der Waals surface area (Å²) in [6.07, 6.45) is 1.87. The van der Waals surface area contributed by atoms with Crippen LogP contribution in [0.2, 0.25) is 0 Å². The number of hydrogen-bond donors (Lipinski definition) is 1. The number of halogens is 1. The molecule has 0 aliphatic rings. The van der Waals surface area contributed by atoms with Crippen LogP contribution in [0.3, 0.4) is 0 Å². The van der Waals surface area contributed by atoms with Gasteiger partial charge in [0.05, 0.1) is 10.5 Å². The van der Waals surface area contributed by atoms with Gasteiger partial charge in [-0.25, -0.2) is 12.7 Å². The summed E-state index contributed by atoms with van der Waals surface area (Å²) in [4.78, 5) is 12.4. The van der Waals surface area contributed by atoms with Gasteiger partial charge in [0.15, 0.2) is 0 Å². The van der Waals surface area contributed by atoms with E-state index < -0.39 is 10.0 Å². The average molecular weight is 424 g/mol. The molecule has 1 rings (SSSR count). The van der Waals surface area contributed by atoms with E-state index in [2.05, 4.69) is 12.2 Å².